The number of fused-ring (bicyclic) bond motifs is 2. The van der Waals surface area contributed by atoms with Gasteiger partial charge in [-0.3, -0.25) is 4.79 Å². The van der Waals surface area contributed by atoms with Crippen LogP contribution in [-0.2, 0) is 6.42 Å². The lowest BCUT2D eigenvalue weighted by Crippen LogP contribution is -2.11. The summed E-state index contributed by atoms with van der Waals surface area (Å²) in [5.74, 6) is 0.268. The zero-order valence-electron chi connectivity index (χ0n) is 13.9. The minimum atomic E-state index is -0.280. The number of amides is 1. The van der Waals surface area contributed by atoms with Gasteiger partial charge in [0.1, 0.15) is 11.6 Å². The summed E-state index contributed by atoms with van der Waals surface area (Å²) in [6.45, 7) is 0.478. The van der Waals surface area contributed by atoms with Gasteiger partial charge in [-0.25, -0.2) is 4.39 Å². The maximum Gasteiger partial charge on any atom is 0.256 e. The van der Waals surface area contributed by atoms with Crippen molar-refractivity contribution in [3.8, 4) is 5.75 Å². The first-order valence-corrected chi connectivity index (χ1v) is 9.10. The van der Waals surface area contributed by atoms with E-state index in [1.165, 1.54) is 12.1 Å². The number of anilines is 1. The van der Waals surface area contributed by atoms with Gasteiger partial charge >= 0.3 is 0 Å². The monoisotopic (exact) mass is 365 g/mol. The Morgan fingerprint density at radius 3 is 2.62 bits per heavy atom. The van der Waals surface area contributed by atoms with Crippen molar-refractivity contribution in [2.75, 3.05) is 11.9 Å². The molecule has 130 valence electrons. The summed E-state index contributed by atoms with van der Waals surface area (Å²) in [4.78, 5) is 14.4. The third-order valence-electron chi connectivity index (χ3n) is 4.12. The van der Waals surface area contributed by atoms with Gasteiger partial charge in [0.15, 0.2) is 0 Å². The molecule has 0 spiro atoms. The Hall–Kier alpha value is -2.79. The Morgan fingerprint density at radius 1 is 0.962 bits per heavy atom. The molecule has 1 heterocycles. The predicted octanol–water partition coefficient (Wildman–Crippen LogP) is 5.16. The smallest absolute Gasteiger partial charge is 0.256 e. The molecule has 4 rings (SSSR count). The number of carbonyl (C=O) groups is 1. The van der Waals surface area contributed by atoms with E-state index < -0.39 is 0 Å². The van der Waals surface area contributed by atoms with Gasteiger partial charge < -0.3 is 10.1 Å². The van der Waals surface area contributed by atoms with Crippen molar-refractivity contribution in [1.29, 1.82) is 0 Å². The molecular weight excluding hydrogens is 349 g/mol. The molecule has 0 saturated heterocycles. The molecular formula is C21H16FNO2S. The standard InChI is InChI=1S/C21H16FNO2S/c22-15-6-8-16(9-7-15)25-12-11-14-5-10-20-18(13-14)23-21(24)17-3-1-2-4-19(17)26-20/h1-10,13H,11-12H2,(H,23,24). The molecule has 0 aromatic heterocycles. The number of hydrogen-bond acceptors (Lipinski definition) is 3. The van der Waals surface area contributed by atoms with E-state index in [1.807, 2.05) is 42.5 Å². The van der Waals surface area contributed by atoms with Gasteiger partial charge in [-0.1, -0.05) is 30.0 Å². The van der Waals surface area contributed by atoms with E-state index in [4.69, 9.17) is 4.74 Å². The molecule has 0 aliphatic carbocycles. The van der Waals surface area contributed by atoms with Crippen LogP contribution in [-0.4, -0.2) is 12.5 Å². The molecule has 0 fully saturated rings. The maximum absolute atomic E-state index is 12.9. The average molecular weight is 365 g/mol. The Balaban J connectivity index is 1.47. The highest BCUT2D eigenvalue weighted by Crippen LogP contribution is 2.39. The van der Waals surface area contributed by atoms with Crippen LogP contribution in [0.15, 0.2) is 76.5 Å². The van der Waals surface area contributed by atoms with Crippen LogP contribution < -0.4 is 10.1 Å². The van der Waals surface area contributed by atoms with E-state index in [9.17, 15) is 9.18 Å². The van der Waals surface area contributed by atoms with E-state index in [-0.39, 0.29) is 11.7 Å². The van der Waals surface area contributed by atoms with E-state index >= 15 is 0 Å². The molecule has 26 heavy (non-hydrogen) atoms. The van der Waals surface area contributed by atoms with E-state index in [2.05, 4.69) is 5.32 Å². The number of rotatable bonds is 4. The van der Waals surface area contributed by atoms with Crippen molar-refractivity contribution in [3.63, 3.8) is 0 Å². The second-order valence-corrected chi connectivity index (χ2v) is 7.02. The molecule has 0 unspecified atom stereocenters. The highest BCUT2D eigenvalue weighted by Gasteiger charge is 2.19. The van der Waals surface area contributed by atoms with Crippen LogP contribution in [0.4, 0.5) is 10.1 Å². The molecule has 0 bridgehead atoms. The second kappa shape index (κ2) is 7.22. The maximum atomic E-state index is 12.9. The molecule has 0 saturated carbocycles. The molecule has 3 aromatic rings. The first-order valence-electron chi connectivity index (χ1n) is 8.28. The SMILES string of the molecule is O=C1Nc2cc(CCOc3ccc(F)cc3)ccc2Sc2ccccc21. The van der Waals surface area contributed by atoms with Crippen LogP contribution in [0.5, 0.6) is 5.75 Å². The molecule has 5 heteroatoms. The van der Waals surface area contributed by atoms with Crippen LogP contribution in [0.3, 0.4) is 0 Å². The zero-order chi connectivity index (χ0) is 17.9. The fourth-order valence-electron chi connectivity index (χ4n) is 2.79. The lowest BCUT2D eigenvalue weighted by atomic mass is 10.1. The lowest BCUT2D eigenvalue weighted by molar-refractivity contribution is 0.102. The average Bonchev–Trinajstić information content (AvgIpc) is 2.79. The van der Waals surface area contributed by atoms with E-state index in [0.29, 0.717) is 24.3 Å². The number of halogens is 1. The number of hydrogen-bond donors (Lipinski definition) is 1. The van der Waals surface area contributed by atoms with Gasteiger partial charge in [0.2, 0.25) is 0 Å². The van der Waals surface area contributed by atoms with E-state index in [1.54, 1.807) is 23.9 Å². The van der Waals surface area contributed by atoms with Gasteiger partial charge in [-0.15, -0.1) is 0 Å². The van der Waals surface area contributed by atoms with Crippen LogP contribution in [0.1, 0.15) is 15.9 Å². The van der Waals surface area contributed by atoms with Gasteiger partial charge in [0, 0.05) is 16.2 Å². The molecule has 3 aromatic carbocycles. The summed E-state index contributed by atoms with van der Waals surface area (Å²) in [7, 11) is 0. The highest BCUT2D eigenvalue weighted by molar-refractivity contribution is 7.99. The van der Waals surface area contributed by atoms with Crippen LogP contribution in [0.2, 0.25) is 0 Å². The summed E-state index contributed by atoms with van der Waals surface area (Å²) < 4.78 is 18.6. The van der Waals surface area contributed by atoms with Crippen molar-refractivity contribution in [3.05, 3.63) is 83.7 Å². The number of carbonyl (C=O) groups excluding carboxylic acids is 1. The fourth-order valence-corrected chi connectivity index (χ4v) is 3.80. The summed E-state index contributed by atoms with van der Waals surface area (Å²) in [6, 6.07) is 19.6. The molecule has 1 aliphatic heterocycles. The van der Waals surface area contributed by atoms with Crippen molar-refractivity contribution in [1.82, 2.24) is 0 Å². The van der Waals surface area contributed by atoms with Gasteiger partial charge in [-0.2, -0.15) is 0 Å². The number of ether oxygens (including phenoxy) is 1. The molecule has 1 amide bonds. The minimum absolute atomic E-state index is 0.0911. The van der Waals surface area contributed by atoms with Crippen molar-refractivity contribution in [2.45, 2.75) is 16.2 Å². The molecule has 1 N–H and O–H groups in total. The summed E-state index contributed by atoms with van der Waals surface area (Å²) in [5, 5.41) is 2.99. The third-order valence-corrected chi connectivity index (χ3v) is 5.27. The van der Waals surface area contributed by atoms with Crippen molar-refractivity contribution < 1.29 is 13.9 Å². The van der Waals surface area contributed by atoms with Crippen molar-refractivity contribution >= 4 is 23.4 Å². The minimum Gasteiger partial charge on any atom is -0.493 e. The zero-order valence-corrected chi connectivity index (χ0v) is 14.7. The summed E-state index contributed by atoms with van der Waals surface area (Å²) in [6.07, 6.45) is 0.693. The van der Waals surface area contributed by atoms with Crippen molar-refractivity contribution in [2.24, 2.45) is 0 Å². The quantitative estimate of drug-likeness (QED) is 0.694. The first kappa shape index (κ1) is 16.7. The lowest BCUT2D eigenvalue weighted by Gasteiger charge is -2.10. The summed E-state index contributed by atoms with van der Waals surface area (Å²) >= 11 is 1.59. The van der Waals surface area contributed by atoms with Gasteiger partial charge in [0.05, 0.1) is 17.9 Å². The topological polar surface area (TPSA) is 38.3 Å². The number of benzene rings is 3. The Morgan fingerprint density at radius 2 is 1.77 bits per heavy atom. The highest BCUT2D eigenvalue weighted by atomic mass is 32.2. The summed E-state index contributed by atoms with van der Waals surface area (Å²) in [5.41, 5.74) is 2.57. The van der Waals surface area contributed by atoms with Gasteiger partial charge in [0.25, 0.3) is 5.91 Å². The second-order valence-electron chi connectivity index (χ2n) is 5.94. The van der Waals surface area contributed by atoms with Crippen LogP contribution in [0.25, 0.3) is 0 Å². The molecule has 3 nitrogen and oxygen atoms in total. The predicted molar refractivity (Wildman–Crippen MR) is 101 cm³/mol. The Kier molecular flexibility index (Phi) is 4.63. The van der Waals surface area contributed by atoms with Gasteiger partial charge in [-0.05, 0) is 54.1 Å². The van der Waals surface area contributed by atoms with Crippen LogP contribution >= 0.6 is 11.8 Å². The normalized spacial score (nSPS) is 12.6. The fraction of sp³-hybridized carbons (Fsp3) is 0.0952. The first-order chi connectivity index (χ1) is 12.7. The Bertz CT molecular complexity index is 956. The third kappa shape index (κ3) is 3.58. The number of nitrogens with one attached hydrogen (secondary N) is 1. The van der Waals surface area contributed by atoms with Crippen LogP contribution in [0, 0.1) is 5.82 Å². The molecule has 0 radical (unpaired) electrons. The molecule has 0 atom stereocenters. The van der Waals surface area contributed by atoms with E-state index in [0.717, 1.165) is 21.0 Å². The largest absolute Gasteiger partial charge is 0.493 e. The Labute approximate surface area is 155 Å². The molecule has 1 aliphatic rings.